The molecule has 0 amide bonds. The minimum Gasteiger partial charge on any atom is -0.463 e. The fourth-order valence-electron chi connectivity index (χ4n) is 1.72. The molecule has 0 saturated heterocycles. The lowest BCUT2D eigenvalue weighted by Crippen LogP contribution is -2.08. The number of esters is 2. The van der Waals surface area contributed by atoms with Crippen LogP contribution in [0.5, 0.6) is 0 Å². The normalized spacial score (nSPS) is 16.7. The standard InChI is InChI=1S/C15H14O4/c1-3-18-14(16)10(2)13-9-12(15(17)19-13)11-7-5-4-6-8-11/h4-9H,3H2,1-2H3/b13-10+. The van der Waals surface area contributed by atoms with Crippen molar-refractivity contribution >= 4 is 17.5 Å². The molecule has 0 bridgehead atoms. The predicted octanol–water partition coefficient (Wildman–Crippen LogP) is 2.46. The second-order valence-electron chi connectivity index (χ2n) is 4.02. The van der Waals surface area contributed by atoms with E-state index in [0.717, 1.165) is 5.56 Å². The number of cyclic esters (lactones) is 1. The van der Waals surface area contributed by atoms with Crippen LogP contribution in [0.2, 0.25) is 0 Å². The number of carbonyl (C=O) groups excluding carboxylic acids is 2. The van der Waals surface area contributed by atoms with Crippen molar-refractivity contribution in [3.05, 3.63) is 53.3 Å². The van der Waals surface area contributed by atoms with Crippen molar-refractivity contribution in [3.63, 3.8) is 0 Å². The van der Waals surface area contributed by atoms with Crippen molar-refractivity contribution < 1.29 is 19.1 Å². The van der Waals surface area contributed by atoms with Gasteiger partial charge in [-0.25, -0.2) is 9.59 Å². The van der Waals surface area contributed by atoms with Crippen LogP contribution in [0.1, 0.15) is 19.4 Å². The van der Waals surface area contributed by atoms with Gasteiger partial charge in [-0.15, -0.1) is 0 Å². The second-order valence-corrected chi connectivity index (χ2v) is 4.02. The van der Waals surface area contributed by atoms with Gasteiger partial charge in [0.1, 0.15) is 5.76 Å². The molecule has 0 spiro atoms. The highest BCUT2D eigenvalue weighted by atomic mass is 16.6. The van der Waals surface area contributed by atoms with Gasteiger partial charge in [0.25, 0.3) is 0 Å². The largest absolute Gasteiger partial charge is 0.463 e. The maximum atomic E-state index is 11.8. The molecule has 0 aliphatic carbocycles. The fraction of sp³-hybridized carbons (Fsp3) is 0.200. The van der Waals surface area contributed by atoms with E-state index in [0.29, 0.717) is 11.1 Å². The van der Waals surface area contributed by atoms with Crippen molar-refractivity contribution in [2.45, 2.75) is 13.8 Å². The van der Waals surface area contributed by atoms with E-state index >= 15 is 0 Å². The summed E-state index contributed by atoms with van der Waals surface area (Å²) in [4.78, 5) is 23.4. The number of hydrogen-bond donors (Lipinski definition) is 0. The Labute approximate surface area is 111 Å². The molecule has 4 nitrogen and oxygen atoms in total. The third-order valence-corrected chi connectivity index (χ3v) is 2.73. The van der Waals surface area contributed by atoms with Crippen LogP contribution in [0.25, 0.3) is 5.57 Å². The zero-order chi connectivity index (χ0) is 13.8. The molecule has 1 aromatic carbocycles. The second kappa shape index (κ2) is 5.52. The molecule has 19 heavy (non-hydrogen) atoms. The van der Waals surface area contributed by atoms with Crippen molar-refractivity contribution in [2.24, 2.45) is 0 Å². The molecule has 98 valence electrons. The zero-order valence-corrected chi connectivity index (χ0v) is 10.8. The number of rotatable bonds is 3. The van der Waals surface area contributed by atoms with E-state index in [4.69, 9.17) is 9.47 Å². The van der Waals surface area contributed by atoms with Gasteiger partial charge in [0.15, 0.2) is 0 Å². The lowest BCUT2D eigenvalue weighted by molar-refractivity contribution is -0.138. The Balaban J connectivity index is 2.33. The summed E-state index contributed by atoms with van der Waals surface area (Å²) in [5.41, 5.74) is 1.50. The molecule has 0 atom stereocenters. The summed E-state index contributed by atoms with van der Waals surface area (Å²) >= 11 is 0. The third-order valence-electron chi connectivity index (χ3n) is 2.73. The molecule has 1 aliphatic rings. The molecule has 0 aromatic heterocycles. The van der Waals surface area contributed by atoms with Crippen LogP contribution in [0, 0.1) is 0 Å². The molecular weight excluding hydrogens is 244 g/mol. The van der Waals surface area contributed by atoms with Gasteiger partial charge in [-0.2, -0.15) is 0 Å². The summed E-state index contributed by atoms with van der Waals surface area (Å²) in [5, 5.41) is 0. The number of hydrogen-bond acceptors (Lipinski definition) is 4. The van der Waals surface area contributed by atoms with Crippen LogP contribution in [-0.4, -0.2) is 18.5 Å². The monoisotopic (exact) mass is 258 g/mol. The molecule has 1 heterocycles. The Morgan fingerprint density at radius 2 is 1.95 bits per heavy atom. The van der Waals surface area contributed by atoms with E-state index in [1.165, 1.54) is 0 Å². The fourth-order valence-corrected chi connectivity index (χ4v) is 1.72. The van der Waals surface area contributed by atoms with E-state index < -0.39 is 11.9 Å². The molecule has 1 aliphatic heterocycles. The van der Waals surface area contributed by atoms with E-state index in [2.05, 4.69) is 0 Å². The SMILES string of the molecule is CCOC(=O)/C(C)=C1\C=C(c2ccccc2)C(=O)O1. The smallest absolute Gasteiger partial charge is 0.344 e. The van der Waals surface area contributed by atoms with Crippen molar-refractivity contribution in [1.82, 2.24) is 0 Å². The Kier molecular flexibility index (Phi) is 3.80. The van der Waals surface area contributed by atoms with Crippen molar-refractivity contribution in [1.29, 1.82) is 0 Å². The summed E-state index contributed by atoms with van der Waals surface area (Å²) in [6, 6.07) is 9.17. The van der Waals surface area contributed by atoms with Crippen LogP contribution in [-0.2, 0) is 19.1 Å². The maximum Gasteiger partial charge on any atom is 0.344 e. The number of allylic oxidation sites excluding steroid dienone is 1. The van der Waals surface area contributed by atoms with Gasteiger partial charge < -0.3 is 9.47 Å². The minimum absolute atomic E-state index is 0.252. The molecule has 1 aromatic rings. The minimum atomic E-state index is -0.476. The van der Waals surface area contributed by atoms with Crippen LogP contribution in [0.3, 0.4) is 0 Å². The molecule has 0 unspecified atom stereocenters. The van der Waals surface area contributed by atoms with Gasteiger partial charge in [0, 0.05) is 0 Å². The Hall–Kier alpha value is -2.36. The third kappa shape index (κ3) is 2.73. The highest BCUT2D eigenvalue weighted by Gasteiger charge is 2.26. The van der Waals surface area contributed by atoms with Crippen LogP contribution < -0.4 is 0 Å². The van der Waals surface area contributed by atoms with Crippen molar-refractivity contribution in [3.8, 4) is 0 Å². The van der Waals surface area contributed by atoms with E-state index in [1.54, 1.807) is 19.9 Å². The summed E-state index contributed by atoms with van der Waals surface area (Å²) in [7, 11) is 0. The first kappa shape index (κ1) is 13.1. The predicted molar refractivity (Wildman–Crippen MR) is 69.8 cm³/mol. The lowest BCUT2D eigenvalue weighted by Gasteiger charge is -2.03. The topological polar surface area (TPSA) is 52.6 Å². The van der Waals surface area contributed by atoms with Gasteiger partial charge in [0.2, 0.25) is 0 Å². The highest BCUT2D eigenvalue weighted by molar-refractivity contribution is 6.20. The van der Waals surface area contributed by atoms with Crippen LogP contribution >= 0.6 is 0 Å². The Bertz CT molecular complexity index is 567. The number of carbonyl (C=O) groups is 2. The van der Waals surface area contributed by atoms with E-state index in [1.807, 2.05) is 30.3 Å². The quantitative estimate of drug-likeness (QED) is 0.617. The molecule has 4 heteroatoms. The molecule has 2 rings (SSSR count). The number of ether oxygens (including phenoxy) is 2. The first-order valence-electron chi connectivity index (χ1n) is 6.00. The maximum absolute atomic E-state index is 11.8. The average Bonchev–Trinajstić information content (AvgIpc) is 2.81. The van der Waals surface area contributed by atoms with E-state index in [-0.39, 0.29) is 12.4 Å². The zero-order valence-electron chi connectivity index (χ0n) is 10.8. The number of benzene rings is 1. The molecule has 0 fully saturated rings. The van der Waals surface area contributed by atoms with Crippen molar-refractivity contribution in [2.75, 3.05) is 6.61 Å². The summed E-state index contributed by atoms with van der Waals surface area (Å²) in [6.45, 7) is 3.58. The summed E-state index contributed by atoms with van der Waals surface area (Å²) in [5.74, 6) is -0.678. The van der Waals surface area contributed by atoms with Gasteiger partial charge in [-0.3, -0.25) is 0 Å². The molecule has 0 saturated carbocycles. The van der Waals surface area contributed by atoms with Crippen LogP contribution in [0.4, 0.5) is 0 Å². The van der Waals surface area contributed by atoms with Gasteiger partial charge in [-0.05, 0) is 25.5 Å². The first-order chi connectivity index (χ1) is 9.13. The van der Waals surface area contributed by atoms with Gasteiger partial charge >= 0.3 is 11.9 Å². The van der Waals surface area contributed by atoms with Crippen LogP contribution in [0.15, 0.2) is 47.7 Å². The Morgan fingerprint density at radius 1 is 1.26 bits per heavy atom. The van der Waals surface area contributed by atoms with E-state index in [9.17, 15) is 9.59 Å². The summed E-state index contributed by atoms with van der Waals surface area (Å²) < 4.78 is 9.98. The molecular formula is C15H14O4. The Morgan fingerprint density at radius 3 is 2.58 bits per heavy atom. The van der Waals surface area contributed by atoms with Gasteiger partial charge in [0.05, 0.1) is 17.8 Å². The first-order valence-corrected chi connectivity index (χ1v) is 6.00. The molecule has 0 radical (unpaired) electrons. The summed E-state index contributed by atoms with van der Waals surface area (Å²) in [6.07, 6.45) is 1.57. The lowest BCUT2D eigenvalue weighted by atomic mass is 10.1. The average molecular weight is 258 g/mol. The molecule has 0 N–H and O–H groups in total. The van der Waals surface area contributed by atoms with Gasteiger partial charge in [-0.1, -0.05) is 30.3 Å². The highest BCUT2D eigenvalue weighted by Crippen LogP contribution is 2.27.